The molecule has 0 aromatic heterocycles. The minimum Gasteiger partial charge on any atom is -0.481 e. The molecular weight excluding hydrogens is 310 g/mol. The lowest BCUT2D eigenvalue weighted by Crippen LogP contribution is -2.32. The Morgan fingerprint density at radius 2 is 1.88 bits per heavy atom. The smallest absolute Gasteiger partial charge is 0.410 e. The van der Waals surface area contributed by atoms with E-state index in [1.165, 1.54) is 0 Å². The van der Waals surface area contributed by atoms with Gasteiger partial charge in [0, 0.05) is 26.3 Å². The fourth-order valence-corrected chi connectivity index (χ4v) is 3.67. The van der Waals surface area contributed by atoms with E-state index in [1.54, 1.807) is 4.90 Å². The molecule has 1 aromatic carbocycles. The zero-order valence-corrected chi connectivity index (χ0v) is 13.6. The lowest BCUT2D eigenvalue weighted by Gasteiger charge is -2.29. The van der Waals surface area contributed by atoms with Gasteiger partial charge in [-0.05, 0) is 30.2 Å². The topological polar surface area (TPSA) is 76.1 Å². The predicted molar refractivity (Wildman–Crippen MR) is 86.4 cm³/mol. The second-order valence-electron chi connectivity index (χ2n) is 6.50. The zero-order chi connectivity index (χ0) is 16.9. The molecule has 0 bridgehead atoms. The number of hydrogen-bond donors (Lipinski definition) is 1. The second-order valence-corrected chi connectivity index (χ2v) is 6.50. The summed E-state index contributed by atoms with van der Waals surface area (Å²) in [5.74, 6) is -1.07. The van der Waals surface area contributed by atoms with Gasteiger partial charge in [0.1, 0.15) is 6.61 Å². The van der Waals surface area contributed by atoms with E-state index in [2.05, 4.69) is 0 Å². The monoisotopic (exact) mass is 333 g/mol. The highest BCUT2D eigenvalue weighted by atomic mass is 16.6. The summed E-state index contributed by atoms with van der Waals surface area (Å²) in [7, 11) is 0. The van der Waals surface area contributed by atoms with Crippen molar-refractivity contribution in [1.82, 2.24) is 4.90 Å². The van der Waals surface area contributed by atoms with E-state index in [9.17, 15) is 14.7 Å². The van der Waals surface area contributed by atoms with Crippen molar-refractivity contribution in [1.29, 1.82) is 0 Å². The first-order chi connectivity index (χ1) is 11.6. The molecule has 3 rings (SSSR count). The van der Waals surface area contributed by atoms with Crippen molar-refractivity contribution in [3.63, 3.8) is 0 Å². The van der Waals surface area contributed by atoms with Crippen LogP contribution in [0.1, 0.15) is 18.4 Å². The summed E-state index contributed by atoms with van der Waals surface area (Å²) in [6.45, 7) is 2.23. The quantitative estimate of drug-likeness (QED) is 0.915. The first-order valence-electron chi connectivity index (χ1n) is 8.41. The Balaban J connectivity index is 1.59. The molecule has 0 aliphatic carbocycles. The van der Waals surface area contributed by atoms with Gasteiger partial charge in [-0.25, -0.2) is 4.79 Å². The Hall–Kier alpha value is -2.08. The molecule has 0 radical (unpaired) electrons. The van der Waals surface area contributed by atoms with Crippen LogP contribution < -0.4 is 0 Å². The first-order valence-corrected chi connectivity index (χ1v) is 8.41. The number of carboxylic acids is 1. The van der Waals surface area contributed by atoms with Gasteiger partial charge in [0.05, 0.1) is 5.92 Å². The molecule has 2 aliphatic rings. The standard InChI is InChI=1S/C18H23NO5/c20-17(21)16-11-19(10-15(16)14-6-8-23-9-7-14)18(22)24-12-13-4-2-1-3-5-13/h1-5,14-16H,6-12H2,(H,20,21). The summed E-state index contributed by atoms with van der Waals surface area (Å²) in [5.41, 5.74) is 0.917. The van der Waals surface area contributed by atoms with Crippen molar-refractivity contribution in [2.75, 3.05) is 26.3 Å². The molecule has 2 atom stereocenters. The molecule has 2 unspecified atom stereocenters. The summed E-state index contributed by atoms with van der Waals surface area (Å²) >= 11 is 0. The van der Waals surface area contributed by atoms with Gasteiger partial charge in [0.25, 0.3) is 0 Å². The number of hydrogen-bond acceptors (Lipinski definition) is 4. The van der Waals surface area contributed by atoms with Crippen LogP contribution in [0.2, 0.25) is 0 Å². The fourth-order valence-electron chi connectivity index (χ4n) is 3.67. The van der Waals surface area contributed by atoms with Gasteiger partial charge in [-0.3, -0.25) is 4.79 Å². The number of carboxylic acid groups (broad SMARTS) is 1. The summed E-state index contributed by atoms with van der Waals surface area (Å²) < 4.78 is 10.7. The maximum atomic E-state index is 12.3. The molecule has 2 fully saturated rings. The largest absolute Gasteiger partial charge is 0.481 e. The molecule has 2 saturated heterocycles. The van der Waals surface area contributed by atoms with Crippen LogP contribution >= 0.6 is 0 Å². The van der Waals surface area contributed by atoms with Crippen LogP contribution in [0.5, 0.6) is 0 Å². The SMILES string of the molecule is O=C(O)C1CN(C(=O)OCc2ccccc2)CC1C1CCOCC1. The van der Waals surface area contributed by atoms with E-state index in [0.717, 1.165) is 18.4 Å². The summed E-state index contributed by atoms with van der Waals surface area (Å²) in [5, 5.41) is 9.51. The number of carbonyl (C=O) groups is 2. The number of amides is 1. The van der Waals surface area contributed by atoms with Crippen molar-refractivity contribution in [3.8, 4) is 0 Å². The predicted octanol–water partition coefficient (Wildman–Crippen LogP) is 2.38. The molecule has 2 aliphatic heterocycles. The Labute approximate surface area is 141 Å². The minimum absolute atomic E-state index is 0.0179. The van der Waals surface area contributed by atoms with Gasteiger partial charge in [-0.2, -0.15) is 0 Å². The van der Waals surface area contributed by atoms with Gasteiger partial charge in [0.2, 0.25) is 0 Å². The zero-order valence-electron chi connectivity index (χ0n) is 13.6. The summed E-state index contributed by atoms with van der Waals surface area (Å²) in [6.07, 6.45) is 1.29. The van der Waals surface area contributed by atoms with E-state index in [1.807, 2.05) is 30.3 Å². The van der Waals surface area contributed by atoms with Crippen LogP contribution in [-0.4, -0.2) is 48.4 Å². The van der Waals surface area contributed by atoms with Gasteiger partial charge in [-0.15, -0.1) is 0 Å². The van der Waals surface area contributed by atoms with Crippen LogP contribution in [0.25, 0.3) is 0 Å². The van der Waals surface area contributed by atoms with Crippen molar-refractivity contribution in [3.05, 3.63) is 35.9 Å². The molecule has 1 amide bonds. The van der Waals surface area contributed by atoms with Crippen LogP contribution in [0.3, 0.4) is 0 Å². The second kappa shape index (κ2) is 7.66. The minimum atomic E-state index is -0.829. The van der Waals surface area contributed by atoms with E-state index < -0.39 is 18.0 Å². The maximum absolute atomic E-state index is 12.3. The Bertz CT molecular complexity index is 570. The highest BCUT2D eigenvalue weighted by Gasteiger charge is 2.44. The van der Waals surface area contributed by atoms with E-state index >= 15 is 0 Å². The molecule has 24 heavy (non-hydrogen) atoms. The third kappa shape index (κ3) is 3.87. The Morgan fingerprint density at radius 1 is 1.17 bits per heavy atom. The lowest BCUT2D eigenvalue weighted by molar-refractivity contribution is -0.143. The third-order valence-electron chi connectivity index (χ3n) is 5.02. The van der Waals surface area contributed by atoms with Gasteiger partial charge in [-0.1, -0.05) is 30.3 Å². The number of rotatable bonds is 4. The average Bonchev–Trinajstić information content (AvgIpc) is 3.07. The van der Waals surface area contributed by atoms with E-state index in [-0.39, 0.29) is 19.1 Å². The Kier molecular flexibility index (Phi) is 5.35. The molecule has 1 N–H and O–H groups in total. The molecule has 130 valence electrons. The van der Waals surface area contributed by atoms with Crippen LogP contribution in [0, 0.1) is 17.8 Å². The average molecular weight is 333 g/mol. The molecule has 6 heteroatoms. The first kappa shape index (κ1) is 16.8. The normalized spacial score (nSPS) is 24.8. The number of carbonyl (C=O) groups excluding carboxylic acids is 1. The van der Waals surface area contributed by atoms with Crippen LogP contribution in [-0.2, 0) is 20.9 Å². The molecular formula is C18H23NO5. The molecule has 2 heterocycles. The lowest BCUT2D eigenvalue weighted by atomic mass is 9.80. The van der Waals surface area contributed by atoms with Gasteiger partial charge in [0.15, 0.2) is 0 Å². The molecule has 6 nitrogen and oxygen atoms in total. The van der Waals surface area contributed by atoms with Crippen molar-refractivity contribution in [2.24, 2.45) is 17.8 Å². The fraction of sp³-hybridized carbons (Fsp3) is 0.556. The number of nitrogens with zero attached hydrogens (tertiary/aromatic N) is 1. The molecule has 0 saturated carbocycles. The van der Waals surface area contributed by atoms with Gasteiger partial charge >= 0.3 is 12.1 Å². The van der Waals surface area contributed by atoms with Crippen LogP contribution in [0.4, 0.5) is 4.79 Å². The van der Waals surface area contributed by atoms with Crippen molar-refractivity contribution >= 4 is 12.1 Å². The van der Waals surface area contributed by atoms with E-state index in [0.29, 0.717) is 25.7 Å². The number of likely N-dealkylation sites (tertiary alicyclic amines) is 1. The number of aliphatic carboxylic acids is 1. The van der Waals surface area contributed by atoms with Crippen molar-refractivity contribution in [2.45, 2.75) is 19.4 Å². The number of ether oxygens (including phenoxy) is 2. The Morgan fingerprint density at radius 3 is 2.54 bits per heavy atom. The van der Waals surface area contributed by atoms with Crippen molar-refractivity contribution < 1.29 is 24.2 Å². The van der Waals surface area contributed by atoms with Crippen LogP contribution in [0.15, 0.2) is 30.3 Å². The van der Waals surface area contributed by atoms with E-state index in [4.69, 9.17) is 9.47 Å². The highest BCUT2D eigenvalue weighted by Crippen LogP contribution is 2.35. The molecule has 1 aromatic rings. The highest BCUT2D eigenvalue weighted by molar-refractivity contribution is 5.74. The summed E-state index contributed by atoms with van der Waals surface area (Å²) in [4.78, 5) is 25.4. The maximum Gasteiger partial charge on any atom is 0.410 e. The molecule has 0 spiro atoms. The third-order valence-corrected chi connectivity index (χ3v) is 5.02. The van der Waals surface area contributed by atoms with Gasteiger partial charge < -0.3 is 19.5 Å². The number of benzene rings is 1. The summed E-state index contributed by atoms with van der Waals surface area (Å²) in [6, 6.07) is 9.47.